The van der Waals surface area contributed by atoms with Gasteiger partial charge in [0.1, 0.15) is 0 Å². The summed E-state index contributed by atoms with van der Waals surface area (Å²) in [5, 5.41) is 0.802. The van der Waals surface area contributed by atoms with Gasteiger partial charge in [-0.2, -0.15) is 0 Å². The summed E-state index contributed by atoms with van der Waals surface area (Å²) < 4.78 is 0. The lowest BCUT2D eigenvalue weighted by Crippen LogP contribution is -2.43. The Hall–Kier alpha value is -2.05. The molecule has 0 aromatic heterocycles. The number of hydrogen-bond donors (Lipinski definition) is 0. The molecule has 0 heterocycles. The Bertz CT molecular complexity index is 963. The summed E-state index contributed by atoms with van der Waals surface area (Å²) in [6, 6.07) is 23.7. The normalized spacial score (nSPS) is 16.8. The molecule has 0 spiro atoms. The first-order valence-electron chi connectivity index (χ1n) is 8.83. The van der Waals surface area contributed by atoms with Gasteiger partial charge in [0.25, 0.3) is 0 Å². The SMILES string of the molecule is CC1(C)c2ccccc2-c2ccc(-c3ccccc3Cl)cc2C1(C)C. The van der Waals surface area contributed by atoms with E-state index in [-0.39, 0.29) is 10.8 Å². The molecule has 0 unspecified atom stereocenters. The van der Waals surface area contributed by atoms with Gasteiger partial charge in [-0.1, -0.05) is 93.9 Å². The number of benzene rings is 3. The molecule has 0 nitrogen and oxygen atoms in total. The van der Waals surface area contributed by atoms with Gasteiger partial charge in [0.05, 0.1) is 0 Å². The molecule has 0 N–H and O–H groups in total. The van der Waals surface area contributed by atoms with E-state index in [0.717, 1.165) is 10.6 Å². The van der Waals surface area contributed by atoms with Crippen molar-refractivity contribution in [1.82, 2.24) is 0 Å². The van der Waals surface area contributed by atoms with Gasteiger partial charge < -0.3 is 0 Å². The highest BCUT2D eigenvalue weighted by Gasteiger charge is 2.45. The molecule has 25 heavy (non-hydrogen) atoms. The van der Waals surface area contributed by atoms with Gasteiger partial charge in [-0.3, -0.25) is 0 Å². The van der Waals surface area contributed by atoms with Crippen LogP contribution in [-0.4, -0.2) is 0 Å². The van der Waals surface area contributed by atoms with E-state index < -0.39 is 0 Å². The van der Waals surface area contributed by atoms with Crippen LogP contribution in [0.3, 0.4) is 0 Å². The Morgan fingerprint density at radius 3 is 1.88 bits per heavy atom. The predicted molar refractivity (Wildman–Crippen MR) is 108 cm³/mol. The van der Waals surface area contributed by atoms with Gasteiger partial charge in [-0.15, -0.1) is 0 Å². The average Bonchev–Trinajstić information content (AvgIpc) is 2.60. The lowest BCUT2D eigenvalue weighted by atomic mass is 9.55. The third-order valence-electron chi connectivity index (χ3n) is 6.33. The number of rotatable bonds is 1. The lowest BCUT2D eigenvalue weighted by molar-refractivity contribution is 0.299. The minimum Gasteiger partial charge on any atom is -0.0837 e. The monoisotopic (exact) mass is 346 g/mol. The van der Waals surface area contributed by atoms with Gasteiger partial charge >= 0.3 is 0 Å². The summed E-state index contributed by atoms with van der Waals surface area (Å²) in [6.07, 6.45) is 0. The minimum absolute atomic E-state index is 0.0218. The smallest absolute Gasteiger partial charge is 0.0484 e. The molecule has 1 aliphatic rings. The molecule has 126 valence electrons. The van der Waals surface area contributed by atoms with Crippen molar-refractivity contribution < 1.29 is 0 Å². The molecular formula is C24H23Cl. The van der Waals surface area contributed by atoms with Crippen molar-refractivity contribution in [1.29, 1.82) is 0 Å². The van der Waals surface area contributed by atoms with E-state index >= 15 is 0 Å². The fourth-order valence-electron chi connectivity index (χ4n) is 4.10. The van der Waals surface area contributed by atoms with E-state index in [9.17, 15) is 0 Å². The molecule has 0 fully saturated rings. The Morgan fingerprint density at radius 1 is 0.600 bits per heavy atom. The third kappa shape index (κ3) is 2.28. The molecule has 0 bridgehead atoms. The van der Waals surface area contributed by atoms with Crippen molar-refractivity contribution in [3.8, 4) is 22.3 Å². The van der Waals surface area contributed by atoms with Crippen molar-refractivity contribution in [2.24, 2.45) is 0 Å². The van der Waals surface area contributed by atoms with Crippen LogP contribution in [0, 0.1) is 0 Å². The van der Waals surface area contributed by atoms with E-state index in [1.165, 1.54) is 27.8 Å². The molecule has 1 heteroatoms. The summed E-state index contributed by atoms with van der Waals surface area (Å²) in [6.45, 7) is 9.43. The van der Waals surface area contributed by atoms with E-state index in [1.807, 2.05) is 18.2 Å². The van der Waals surface area contributed by atoms with Gasteiger partial charge in [-0.25, -0.2) is 0 Å². The molecule has 1 aliphatic carbocycles. The van der Waals surface area contributed by atoms with Crippen LogP contribution in [0.2, 0.25) is 5.02 Å². The summed E-state index contributed by atoms with van der Waals surface area (Å²) >= 11 is 6.45. The van der Waals surface area contributed by atoms with Crippen molar-refractivity contribution in [2.75, 3.05) is 0 Å². The van der Waals surface area contributed by atoms with Crippen LogP contribution in [0.5, 0.6) is 0 Å². The summed E-state index contributed by atoms with van der Waals surface area (Å²) in [5.74, 6) is 0. The summed E-state index contributed by atoms with van der Waals surface area (Å²) in [4.78, 5) is 0. The van der Waals surface area contributed by atoms with E-state index in [0.29, 0.717) is 0 Å². The fourth-order valence-corrected chi connectivity index (χ4v) is 4.34. The second-order valence-corrected chi connectivity index (χ2v) is 8.44. The molecule has 0 radical (unpaired) electrons. The minimum atomic E-state index is 0.0218. The van der Waals surface area contributed by atoms with Crippen LogP contribution >= 0.6 is 11.6 Å². The number of fused-ring (bicyclic) bond motifs is 3. The third-order valence-corrected chi connectivity index (χ3v) is 6.66. The average molecular weight is 347 g/mol. The lowest BCUT2D eigenvalue weighted by Gasteiger charge is -2.48. The summed E-state index contributed by atoms with van der Waals surface area (Å²) in [5.41, 5.74) is 7.88. The second kappa shape index (κ2) is 5.47. The molecule has 0 aliphatic heterocycles. The Balaban J connectivity index is 2.01. The first-order valence-corrected chi connectivity index (χ1v) is 9.21. The molecule has 0 saturated carbocycles. The van der Waals surface area contributed by atoms with Crippen molar-refractivity contribution in [3.63, 3.8) is 0 Å². The maximum atomic E-state index is 6.45. The van der Waals surface area contributed by atoms with E-state index in [4.69, 9.17) is 11.6 Å². The first-order chi connectivity index (χ1) is 11.8. The number of halogens is 1. The Labute approximate surface area is 155 Å². The molecule has 3 aromatic carbocycles. The van der Waals surface area contributed by atoms with Crippen LogP contribution in [-0.2, 0) is 10.8 Å². The van der Waals surface area contributed by atoms with E-state index in [1.54, 1.807) is 0 Å². The van der Waals surface area contributed by atoms with Gasteiger partial charge in [0.15, 0.2) is 0 Å². The summed E-state index contributed by atoms with van der Waals surface area (Å²) in [7, 11) is 0. The highest BCUT2D eigenvalue weighted by Crippen LogP contribution is 2.54. The predicted octanol–water partition coefficient (Wildman–Crippen LogP) is 7.24. The van der Waals surface area contributed by atoms with E-state index in [2.05, 4.69) is 76.2 Å². The topological polar surface area (TPSA) is 0 Å². The Morgan fingerprint density at radius 2 is 1.16 bits per heavy atom. The maximum Gasteiger partial charge on any atom is 0.0484 e. The van der Waals surface area contributed by atoms with Crippen LogP contribution in [0.1, 0.15) is 38.8 Å². The fraction of sp³-hybridized carbons (Fsp3) is 0.250. The zero-order chi connectivity index (χ0) is 17.8. The maximum absolute atomic E-state index is 6.45. The first kappa shape index (κ1) is 16.4. The van der Waals surface area contributed by atoms with Crippen LogP contribution < -0.4 is 0 Å². The van der Waals surface area contributed by atoms with Gasteiger partial charge in [0.2, 0.25) is 0 Å². The zero-order valence-electron chi connectivity index (χ0n) is 15.2. The quantitative estimate of drug-likeness (QED) is 0.435. The molecule has 0 saturated heterocycles. The molecule has 3 aromatic rings. The largest absolute Gasteiger partial charge is 0.0837 e. The highest BCUT2D eigenvalue weighted by atomic mass is 35.5. The Kier molecular flexibility index (Phi) is 3.60. The zero-order valence-corrected chi connectivity index (χ0v) is 16.0. The van der Waals surface area contributed by atoms with Crippen molar-refractivity contribution >= 4 is 11.6 Å². The highest BCUT2D eigenvalue weighted by molar-refractivity contribution is 6.33. The van der Waals surface area contributed by atoms with Crippen molar-refractivity contribution in [3.05, 3.63) is 82.9 Å². The van der Waals surface area contributed by atoms with Gasteiger partial charge in [-0.05, 0) is 50.8 Å². The van der Waals surface area contributed by atoms with Gasteiger partial charge in [0, 0.05) is 10.6 Å². The van der Waals surface area contributed by atoms with Crippen LogP contribution in [0.15, 0.2) is 66.7 Å². The van der Waals surface area contributed by atoms with Crippen molar-refractivity contribution in [2.45, 2.75) is 38.5 Å². The number of hydrogen-bond acceptors (Lipinski definition) is 0. The second-order valence-electron chi connectivity index (χ2n) is 8.04. The molecule has 0 atom stereocenters. The van der Waals surface area contributed by atoms with Crippen LogP contribution in [0.4, 0.5) is 0 Å². The van der Waals surface area contributed by atoms with Crippen LogP contribution in [0.25, 0.3) is 22.3 Å². The molecular weight excluding hydrogens is 324 g/mol. The molecule has 0 amide bonds. The molecule has 4 rings (SSSR count). The standard InChI is InChI=1S/C24H23Cl/c1-23(2)20-11-7-5-10-18(20)19-14-13-16(15-21(19)24(23,3)4)17-9-6-8-12-22(17)25/h5-15H,1-4H3.